The van der Waals surface area contributed by atoms with E-state index in [0.29, 0.717) is 11.4 Å². The fourth-order valence-electron chi connectivity index (χ4n) is 2.58. The Morgan fingerprint density at radius 1 is 1.24 bits per heavy atom. The number of aryl methyl sites for hydroxylation is 2. The molecule has 5 heteroatoms. The molecule has 0 unspecified atom stereocenters. The van der Waals surface area contributed by atoms with Crippen LogP contribution >= 0.6 is 11.6 Å². The van der Waals surface area contributed by atoms with Gasteiger partial charge in [-0.15, -0.1) is 0 Å². The van der Waals surface area contributed by atoms with Crippen molar-refractivity contribution in [2.24, 2.45) is 7.05 Å². The van der Waals surface area contributed by atoms with Crippen LogP contribution in [0.5, 0.6) is 0 Å². The standard InChI is InChI=1S/C16H21ClN2O2/c1-3-12-8-13(19(2)18-12)9-16(10-20,11-21)14-6-4-5-7-15(14)17/h4-8,20-21H,3,9-11H2,1-2H3. The maximum absolute atomic E-state index is 9.92. The smallest absolute Gasteiger partial charge is 0.0624 e. The van der Waals surface area contributed by atoms with Gasteiger partial charge in [-0.25, -0.2) is 0 Å². The molecule has 0 aliphatic rings. The second-order valence-electron chi connectivity index (χ2n) is 5.36. The molecule has 2 rings (SSSR count). The molecule has 0 fully saturated rings. The molecule has 0 spiro atoms. The first kappa shape index (κ1) is 16.0. The topological polar surface area (TPSA) is 58.3 Å². The van der Waals surface area contributed by atoms with E-state index in [1.165, 1.54) is 0 Å². The van der Waals surface area contributed by atoms with Gasteiger partial charge < -0.3 is 10.2 Å². The van der Waals surface area contributed by atoms with Gasteiger partial charge in [-0.2, -0.15) is 5.10 Å². The quantitative estimate of drug-likeness (QED) is 0.859. The SMILES string of the molecule is CCc1cc(CC(CO)(CO)c2ccccc2Cl)n(C)n1. The molecule has 2 aromatic rings. The predicted octanol–water partition coefficient (Wildman–Crippen LogP) is 2.10. The molecular weight excluding hydrogens is 288 g/mol. The van der Waals surface area contributed by atoms with Gasteiger partial charge in [-0.1, -0.05) is 36.7 Å². The predicted molar refractivity (Wildman–Crippen MR) is 83.6 cm³/mol. The van der Waals surface area contributed by atoms with Crippen LogP contribution in [0, 0.1) is 0 Å². The van der Waals surface area contributed by atoms with Crippen molar-refractivity contribution < 1.29 is 10.2 Å². The van der Waals surface area contributed by atoms with Crippen molar-refractivity contribution in [2.75, 3.05) is 13.2 Å². The molecule has 21 heavy (non-hydrogen) atoms. The first-order chi connectivity index (χ1) is 10.1. The Morgan fingerprint density at radius 2 is 1.90 bits per heavy atom. The molecule has 114 valence electrons. The van der Waals surface area contributed by atoms with E-state index in [0.717, 1.165) is 23.4 Å². The lowest BCUT2D eigenvalue weighted by Gasteiger charge is -2.31. The van der Waals surface area contributed by atoms with Crippen molar-refractivity contribution in [2.45, 2.75) is 25.2 Å². The third-order valence-electron chi connectivity index (χ3n) is 3.96. The Bertz CT molecular complexity index is 606. The zero-order valence-electron chi connectivity index (χ0n) is 12.4. The highest BCUT2D eigenvalue weighted by molar-refractivity contribution is 6.31. The van der Waals surface area contributed by atoms with E-state index >= 15 is 0 Å². The number of hydrogen-bond donors (Lipinski definition) is 2. The van der Waals surface area contributed by atoms with Gasteiger partial charge in [0, 0.05) is 29.6 Å². The molecule has 1 aromatic carbocycles. The van der Waals surface area contributed by atoms with Gasteiger partial charge >= 0.3 is 0 Å². The zero-order chi connectivity index (χ0) is 15.5. The van der Waals surface area contributed by atoms with Crippen molar-refractivity contribution in [1.29, 1.82) is 0 Å². The van der Waals surface area contributed by atoms with Crippen LogP contribution in [0.15, 0.2) is 30.3 Å². The van der Waals surface area contributed by atoms with Gasteiger partial charge in [0.2, 0.25) is 0 Å². The van der Waals surface area contributed by atoms with Gasteiger partial charge in [-0.3, -0.25) is 4.68 Å². The third-order valence-corrected chi connectivity index (χ3v) is 4.29. The first-order valence-corrected chi connectivity index (χ1v) is 7.42. The van der Waals surface area contributed by atoms with Crippen LogP contribution in [0.3, 0.4) is 0 Å². The summed E-state index contributed by atoms with van der Waals surface area (Å²) in [5, 5.41) is 24.8. The Morgan fingerprint density at radius 3 is 2.43 bits per heavy atom. The summed E-state index contributed by atoms with van der Waals surface area (Å²) in [7, 11) is 1.88. The number of benzene rings is 1. The maximum atomic E-state index is 9.92. The van der Waals surface area contributed by atoms with E-state index < -0.39 is 5.41 Å². The Labute approximate surface area is 130 Å². The molecule has 0 atom stereocenters. The van der Waals surface area contributed by atoms with E-state index in [1.54, 1.807) is 10.7 Å². The molecule has 0 bridgehead atoms. The molecule has 0 aliphatic carbocycles. The molecule has 0 aliphatic heterocycles. The number of aliphatic hydroxyl groups excluding tert-OH is 2. The summed E-state index contributed by atoms with van der Waals surface area (Å²) in [5.74, 6) is 0. The molecule has 4 nitrogen and oxygen atoms in total. The Hall–Kier alpha value is -1.36. The molecule has 1 heterocycles. The summed E-state index contributed by atoms with van der Waals surface area (Å²) >= 11 is 6.26. The zero-order valence-corrected chi connectivity index (χ0v) is 13.1. The number of aliphatic hydroxyl groups is 2. The van der Waals surface area contributed by atoms with E-state index in [4.69, 9.17) is 11.6 Å². The molecule has 2 N–H and O–H groups in total. The van der Waals surface area contributed by atoms with E-state index in [2.05, 4.69) is 5.10 Å². The van der Waals surface area contributed by atoms with Crippen molar-refractivity contribution in [1.82, 2.24) is 9.78 Å². The summed E-state index contributed by atoms with van der Waals surface area (Å²) in [6.07, 6.45) is 1.33. The van der Waals surface area contributed by atoms with Crippen molar-refractivity contribution in [3.8, 4) is 0 Å². The summed E-state index contributed by atoms with van der Waals surface area (Å²) < 4.78 is 1.80. The van der Waals surface area contributed by atoms with Crippen LogP contribution in [0.2, 0.25) is 5.02 Å². The van der Waals surface area contributed by atoms with Gasteiger partial charge in [-0.05, 0) is 24.1 Å². The fraction of sp³-hybridized carbons (Fsp3) is 0.438. The van der Waals surface area contributed by atoms with Gasteiger partial charge in [0.15, 0.2) is 0 Å². The van der Waals surface area contributed by atoms with E-state index in [-0.39, 0.29) is 13.2 Å². The summed E-state index contributed by atoms with van der Waals surface area (Å²) in [6, 6.07) is 9.34. The van der Waals surface area contributed by atoms with Gasteiger partial charge in [0.1, 0.15) is 0 Å². The van der Waals surface area contributed by atoms with Crippen LogP contribution in [-0.4, -0.2) is 33.2 Å². The maximum Gasteiger partial charge on any atom is 0.0624 e. The van der Waals surface area contributed by atoms with Gasteiger partial charge in [0.05, 0.1) is 18.9 Å². The number of nitrogens with zero attached hydrogens (tertiary/aromatic N) is 2. The highest BCUT2D eigenvalue weighted by Gasteiger charge is 2.34. The number of halogens is 1. The first-order valence-electron chi connectivity index (χ1n) is 7.05. The second-order valence-corrected chi connectivity index (χ2v) is 5.76. The molecule has 0 saturated heterocycles. The number of rotatable bonds is 6. The van der Waals surface area contributed by atoms with Crippen LogP contribution in [0.25, 0.3) is 0 Å². The molecule has 0 amide bonds. The van der Waals surface area contributed by atoms with Crippen molar-refractivity contribution in [3.05, 3.63) is 52.3 Å². The van der Waals surface area contributed by atoms with Crippen LogP contribution in [0.1, 0.15) is 23.9 Å². The molecule has 1 aromatic heterocycles. The summed E-state index contributed by atoms with van der Waals surface area (Å²) in [6.45, 7) is 1.69. The normalized spacial score (nSPS) is 11.9. The number of aromatic nitrogens is 2. The van der Waals surface area contributed by atoms with Gasteiger partial charge in [0.25, 0.3) is 0 Å². The van der Waals surface area contributed by atoms with Crippen molar-refractivity contribution in [3.63, 3.8) is 0 Å². The minimum absolute atomic E-state index is 0.181. The van der Waals surface area contributed by atoms with Crippen molar-refractivity contribution >= 4 is 11.6 Å². The molecular formula is C16H21ClN2O2. The van der Waals surface area contributed by atoms with Crippen LogP contribution < -0.4 is 0 Å². The van der Waals surface area contributed by atoms with Crippen LogP contribution in [0.4, 0.5) is 0 Å². The van der Waals surface area contributed by atoms with Crippen LogP contribution in [-0.2, 0) is 25.3 Å². The average Bonchev–Trinajstić information content (AvgIpc) is 2.86. The minimum atomic E-state index is -0.808. The third kappa shape index (κ3) is 3.12. The summed E-state index contributed by atoms with van der Waals surface area (Å²) in [5.41, 5.74) is 1.92. The lowest BCUT2D eigenvalue weighted by Crippen LogP contribution is -2.38. The lowest BCUT2D eigenvalue weighted by molar-refractivity contribution is 0.115. The second kappa shape index (κ2) is 6.60. The monoisotopic (exact) mass is 308 g/mol. The Kier molecular flexibility index (Phi) is 5.04. The largest absolute Gasteiger partial charge is 0.395 e. The average molecular weight is 309 g/mol. The number of hydrogen-bond acceptors (Lipinski definition) is 3. The van der Waals surface area contributed by atoms with E-state index in [1.807, 2.05) is 38.2 Å². The Balaban J connectivity index is 2.43. The molecule has 0 radical (unpaired) electrons. The minimum Gasteiger partial charge on any atom is -0.395 e. The highest BCUT2D eigenvalue weighted by Crippen LogP contribution is 2.33. The lowest BCUT2D eigenvalue weighted by atomic mass is 9.78. The molecule has 0 saturated carbocycles. The van der Waals surface area contributed by atoms with E-state index in [9.17, 15) is 10.2 Å². The fourth-order valence-corrected chi connectivity index (χ4v) is 2.91. The highest BCUT2D eigenvalue weighted by atomic mass is 35.5. The summed E-state index contributed by atoms with van der Waals surface area (Å²) in [4.78, 5) is 0.